The predicted molar refractivity (Wildman–Crippen MR) is 92.4 cm³/mol. The van der Waals surface area contributed by atoms with Gasteiger partial charge in [-0.3, -0.25) is 4.79 Å². The zero-order valence-corrected chi connectivity index (χ0v) is 14.6. The van der Waals surface area contributed by atoms with Gasteiger partial charge in [-0.15, -0.1) is 11.3 Å². The van der Waals surface area contributed by atoms with Crippen molar-refractivity contribution in [3.63, 3.8) is 0 Å². The number of halogens is 2. The molecule has 0 fully saturated rings. The van der Waals surface area contributed by atoms with Crippen LogP contribution in [-0.2, 0) is 0 Å². The molecule has 7 heteroatoms. The third-order valence-corrected chi connectivity index (χ3v) is 5.45. The van der Waals surface area contributed by atoms with Crippen molar-refractivity contribution in [2.24, 2.45) is 0 Å². The van der Waals surface area contributed by atoms with Gasteiger partial charge in [0, 0.05) is 10.9 Å². The summed E-state index contributed by atoms with van der Waals surface area (Å²) in [4.78, 5) is 17.4. The van der Waals surface area contributed by atoms with Crippen LogP contribution in [0, 0.1) is 18.6 Å². The van der Waals surface area contributed by atoms with E-state index in [4.69, 9.17) is 0 Å². The molecule has 0 saturated heterocycles. The minimum atomic E-state index is -0.928. The van der Waals surface area contributed by atoms with Gasteiger partial charge >= 0.3 is 0 Å². The van der Waals surface area contributed by atoms with Crippen LogP contribution in [0.15, 0.2) is 35.0 Å². The second kappa shape index (κ2) is 6.78. The van der Waals surface area contributed by atoms with Gasteiger partial charge in [0.25, 0.3) is 5.91 Å². The molecule has 0 radical (unpaired) electrons. The van der Waals surface area contributed by atoms with E-state index in [1.54, 1.807) is 25.2 Å². The minimum absolute atomic E-state index is 0.274. The standard InChI is InChI=1S/C17H14F2N2OS2/c1-9(11-3-4-13(18)14(19)7-11)20-16(22)15-10(2)21-17(24-15)12-5-6-23-8-12/h3-9H,1-2H3,(H,20,22). The van der Waals surface area contributed by atoms with E-state index in [9.17, 15) is 13.6 Å². The second-order valence-electron chi connectivity index (χ2n) is 5.31. The Kier molecular flexibility index (Phi) is 4.73. The Morgan fingerprint density at radius 2 is 2.04 bits per heavy atom. The smallest absolute Gasteiger partial charge is 0.263 e. The maximum atomic E-state index is 13.3. The molecule has 3 nitrogen and oxygen atoms in total. The van der Waals surface area contributed by atoms with Crippen LogP contribution in [0.25, 0.3) is 10.6 Å². The molecular formula is C17H14F2N2OS2. The third kappa shape index (κ3) is 3.37. The fourth-order valence-corrected chi connectivity index (χ4v) is 3.92. The van der Waals surface area contributed by atoms with Gasteiger partial charge in [0.05, 0.1) is 11.7 Å². The lowest BCUT2D eigenvalue weighted by molar-refractivity contribution is 0.0943. The molecule has 124 valence electrons. The predicted octanol–water partition coefficient (Wildman–Crippen LogP) is 4.95. The summed E-state index contributed by atoms with van der Waals surface area (Å²) in [5.74, 6) is -2.11. The van der Waals surface area contributed by atoms with Crippen LogP contribution in [0.2, 0.25) is 0 Å². The molecule has 2 heterocycles. The van der Waals surface area contributed by atoms with Gasteiger partial charge in [0.15, 0.2) is 11.6 Å². The van der Waals surface area contributed by atoms with E-state index < -0.39 is 17.7 Å². The van der Waals surface area contributed by atoms with E-state index in [0.29, 0.717) is 16.1 Å². The molecule has 0 aliphatic rings. The van der Waals surface area contributed by atoms with Crippen LogP contribution in [0.5, 0.6) is 0 Å². The zero-order chi connectivity index (χ0) is 17.3. The average molecular weight is 364 g/mol. The van der Waals surface area contributed by atoms with Gasteiger partial charge in [-0.1, -0.05) is 6.07 Å². The molecule has 1 N–H and O–H groups in total. The van der Waals surface area contributed by atoms with Crippen LogP contribution in [0.4, 0.5) is 8.78 Å². The van der Waals surface area contributed by atoms with Crippen molar-refractivity contribution in [1.29, 1.82) is 0 Å². The molecule has 24 heavy (non-hydrogen) atoms. The lowest BCUT2D eigenvalue weighted by Gasteiger charge is -2.14. The molecule has 2 aromatic heterocycles. The van der Waals surface area contributed by atoms with Crippen LogP contribution >= 0.6 is 22.7 Å². The summed E-state index contributed by atoms with van der Waals surface area (Å²) >= 11 is 2.89. The number of nitrogens with zero attached hydrogens (tertiary/aromatic N) is 1. The number of rotatable bonds is 4. The highest BCUT2D eigenvalue weighted by Gasteiger charge is 2.19. The van der Waals surface area contributed by atoms with E-state index in [-0.39, 0.29) is 5.91 Å². The average Bonchev–Trinajstić information content (AvgIpc) is 3.19. The molecule has 0 aliphatic carbocycles. The highest BCUT2D eigenvalue weighted by molar-refractivity contribution is 7.17. The van der Waals surface area contributed by atoms with E-state index >= 15 is 0 Å². The SMILES string of the molecule is Cc1nc(-c2ccsc2)sc1C(=O)NC(C)c1ccc(F)c(F)c1. The highest BCUT2D eigenvalue weighted by Crippen LogP contribution is 2.29. The van der Waals surface area contributed by atoms with Gasteiger partial charge in [0.2, 0.25) is 0 Å². The maximum absolute atomic E-state index is 13.3. The summed E-state index contributed by atoms with van der Waals surface area (Å²) in [6, 6.07) is 5.11. The number of hydrogen-bond acceptors (Lipinski definition) is 4. The van der Waals surface area contributed by atoms with Crippen molar-refractivity contribution in [1.82, 2.24) is 10.3 Å². The van der Waals surface area contributed by atoms with Crippen LogP contribution < -0.4 is 5.32 Å². The van der Waals surface area contributed by atoms with Crippen molar-refractivity contribution in [2.45, 2.75) is 19.9 Å². The highest BCUT2D eigenvalue weighted by atomic mass is 32.1. The lowest BCUT2D eigenvalue weighted by Crippen LogP contribution is -2.26. The lowest BCUT2D eigenvalue weighted by atomic mass is 10.1. The summed E-state index contributed by atoms with van der Waals surface area (Å²) in [5, 5.41) is 7.53. The summed E-state index contributed by atoms with van der Waals surface area (Å²) in [6.07, 6.45) is 0. The van der Waals surface area contributed by atoms with E-state index in [1.165, 1.54) is 17.4 Å². The van der Waals surface area contributed by atoms with Gasteiger partial charge in [-0.25, -0.2) is 13.8 Å². The number of aromatic nitrogens is 1. The van der Waals surface area contributed by atoms with Crippen molar-refractivity contribution in [3.05, 3.63) is 62.8 Å². The van der Waals surface area contributed by atoms with Gasteiger partial charge in [0.1, 0.15) is 9.88 Å². The minimum Gasteiger partial charge on any atom is -0.345 e. The quantitative estimate of drug-likeness (QED) is 0.712. The molecule has 1 unspecified atom stereocenters. The number of hydrogen-bond donors (Lipinski definition) is 1. The molecule has 1 atom stereocenters. The molecule has 3 rings (SSSR count). The largest absolute Gasteiger partial charge is 0.345 e. The monoisotopic (exact) mass is 364 g/mol. The van der Waals surface area contributed by atoms with Crippen LogP contribution in [-0.4, -0.2) is 10.9 Å². The fraction of sp³-hybridized carbons (Fsp3) is 0.176. The first kappa shape index (κ1) is 16.7. The molecule has 1 aromatic carbocycles. The first-order valence-electron chi connectivity index (χ1n) is 7.21. The topological polar surface area (TPSA) is 42.0 Å². The summed E-state index contributed by atoms with van der Waals surface area (Å²) < 4.78 is 26.3. The first-order valence-corrected chi connectivity index (χ1v) is 8.97. The van der Waals surface area contributed by atoms with Crippen LogP contribution in [0.3, 0.4) is 0 Å². The Hall–Kier alpha value is -2.12. The number of nitrogens with one attached hydrogen (secondary N) is 1. The number of aryl methyl sites for hydroxylation is 1. The Bertz CT molecular complexity index is 875. The number of carbonyl (C=O) groups excluding carboxylic acids is 1. The van der Waals surface area contributed by atoms with Crippen molar-refractivity contribution >= 4 is 28.6 Å². The number of benzene rings is 1. The Morgan fingerprint density at radius 1 is 1.25 bits per heavy atom. The molecule has 1 amide bonds. The number of amides is 1. The van der Waals surface area contributed by atoms with Gasteiger partial charge in [-0.2, -0.15) is 11.3 Å². The second-order valence-corrected chi connectivity index (χ2v) is 7.09. The Morgan fingerprint density at radius 3 is 2.71 bits per heavy atom. The molecular weight excluding hydrogens is 350 g/mol. The van der Waals surface area contributed by atoms with Crippen molar-refractivity contribution in [2.75, 3.05) is 0 Å². The van der Waals surface area contributed by atoms with E-state index in [1.807, 2.05) is 16.8 Å². The zero-order valence-electron chi connectivity index (χ0n) is 13.0. The number of carbonyl (C=O) groups is 1. The molecule has 0 aliphatic heterocycles. The summed E-state index contributed by atoms with van der Waals surface area (Å²) in [5.41, 5.74) is 2.14. The molecule has 3 aromatic rings. The van der Waals surface area contributed by atoms with Gasteiger partial charge < -0.3 is 5.32 Å². The van der Waals surface area contributed by atoms with E-state index in [0.717, 1.165) is 22.7 Å². The molecule has 0 spiro atoms. The molecule has 0 bridgehead atoms. The fourth-order valence-electron chi connectivity index (χ4n) is 2.24. The third-order valence-electron chi connectivity index (χ3n) is 3.56. The summed E-state index contributed by atoms with van der Waals surface area (Å²) in [7, 11) is 0. The maximum Gasteiger partial charge on any atom is 0.263 e. The van der Waals surface area contributed by atoms with Crippen molar-refractivity contribution in [3.8, 4) is 10.6 Å². The number of thiophene rings is 1. The normalized spacial score (nSPS) is 12.2. The van der Waals surface area contributed by atoms with E-state index in [2.05, 4.69) is 10.3 Å². The Balaban J connectivity index is 1.78. The van der Waals surface area contributed by atoms with Crippen molar-refractivity contribution < 1.29 is 13.6 Å². The van der Waals surface area contributed by atoms with Gasteiger partial charge in [-0.05, 0) is 43.0 Å². The van der Waals surface area contributed by atoms with Crippen LogP contribution in [0.1, 0.15) is 33.9 Å². The number of thiazole rings is 1. The summed E-state index contributed by atoms with van der Waals surface area (Å²) in [6.45, 7) is 3.50. The molecule has 0 saturated carbocycles. The first-order chi connectivity index (χ1) is 11.5. The Labute approximate surface area is 146 Å².